The minimum absolute atomic E-state index is 0.0486. The predicted octanol–water partition coefficient (Wildman–Crippen LogP) is 2.95. The van der Waals surface area contributed by atoms with Crippen LogP contribution in [0.25, 0.3) is 0 Å². The lowest BCUT2D eigenvalue weighted by atomic mass is 9.45. The molecule has 0 aromatic rings. The Hall–Kier alpha value is -1.94. The first-order valence-corrected chi connectivity index (χ1v) is 14.5. The van der Waals surface area contributed by atoms with Gasteiger partial charge >= 0.3 is 12.1 Å². The third-order valence-corrected chi connectivity index (χ3v) is 9.82. The van der Waals surface area contributed by atoms with E-state index in [4.69, 9.17) is 14.2 Å². The highest BCUT2D eigenvalue weighted by Gasteiger charge is 2.71. The number of ketones is 1. The molecule has 10 heteroatoms. The summed E-state index contributed by atoms with van der Waals surface area (Å²) in [6.45, 7) is 5.63. The molecule has 0 spiro atoms. The van der Waals surface area contributed by atoms with Crippen LogP contribution in [0.5, 0.6) is 0 Å². The topological polar surface area (TPSA) is 133 Å². The molecule has 0 saturated heterocycles. The summed E-state index contributed by atoms with van der Waals surface area (Å²) >= 11 is 0. The minimum atomic E-state index is -3.62. The van der Waals surface area contributed by atoms with Gasteiger partial charge in [-0.05, 0) is 74.7 Å². The van der Waals surface area contributed by atoms with Gasteiger partial charge in [0.25, 0.3) is 0 Å². The van der Waals surface area contributed by atoms with Gasteiger partial charge in [0.2, 0.25) is 5.60 Å². The van der Waals surface area contributed by atoms with E-state index >= 15 is 0 Å². The van der Waals surface area contributed by atoms with E-state index < -0.39 is 45.0 Å². The molecule has 7 atom stereocenters. The SMILES string of the molecule is CCOC(=O)O[C@]1(C(=O)OCS(C)(=O)=O)CC[C@H]2[C@@H]3CCC4=CC(=O)CC[C@]4(C)[C@H]3[C@@H](O)C[C@@]21C. The van der Waals surface area contributed by atoms with E-state index in [-0.39, 0.29) is 48.4 Å². The molecule has 4 aliphatic rings. The van der Waals surface area contributed by atoms with Crippen molar-refractivity contribution in [1.29, 1.82) is 0 Å². The first-order valence-electron chi connectivity index (χ1n) is 12.4. The fourth-order valence-corrected chi connectivity index (χ4v) is 8.11. The molecule has 4 aliphatic carbocycles. The number of fused-ring (bicyclic) bond motifs is 5. The van der Waals surface area contributed by atoms with Gasteiger partial charge in [0.05, 0.1) is 12.7 Å². The molecule has 3 saturated carbocycles. The second-order valence-corrected chi connectivity index (χ2v) is 13.3. The molecule has 1 N–H and O–H groups in total. The fraction of sp³-hybridized carbons (Fsp3) is 0.800. The van der Waals surface area contributed by atoms with Crippen LogP contribution < -0.4 is 0 Å². The molecule has 0 amide bonds. The largest absolute Gasteiger partial charge is 0.509 e. The van der Waals surface area contributed by atoms with Crippen LogP contribution >= 0.6 is 0 Å². The summed E-state index contributed by atoms with van der Waals surface area (Å²) < 4.78 is 39.3. The van der Waals surface area contributed by atoms with E-state index in [0.717, 1.165) is 24.7 Å². The zero-order chi connectivity index (χ0) is 25.8. The van der Waals surface area contributed by atoms with Crippen molar-refractivity contribution in [1.82, 2.24) is 0 Å². The molecule has 0 radical (unpaired) electrons. The average molecular weight is 513 g/mol. The Kier molecular flexibility index (Phi) is 6.62. The summed E-state index contributed by atoms with van der Waals surface area (Å²) in [5.74, 6) is -1.71. The molecule has 0 unspecified atom stereocenters. The Balaban J connectivity index is 1.72. The number of ether oxygens (including phenoxy) is 3. The number of hydrogen-bond acceptors (Lipinski definition) is 9. The number of allylic oxidation sites excluding steroid dienone is 1. The van der Waals surface area contributed by atoms with Gasteiger partial charge in [-0.3, -0.25) is 4.79 Å². The highest BCUT2D eigenvalue weighted by atomic mass is 32.2. The summed E-state index contributed by atoms with van der Waals surface area (Å²) in [5.41, 5.74) is -1.95. The van der Waals surface area contributed by atoms with Crippen LogP contribution in [0, 0.1) is 28.6 Å². The summed E-state index contributed by atoms with van der Waals surface area (Å²) in [6.07, 6.45) is 4.42. The van der Waals surface area contributed by atoms with Gasteiger partial charge in [0.1, 0.15) is 0 Å². The smallest absolute Gasteiger partial charge is 0.446 e. The summed E-state index contributed by atoms with van der Waals surface area (Å²) in [5, 5.41) is 11.6. The second-order valence-electron chi connectivity index (χ2n) is 11.2. The van der Waals surface area contributed by atoms with Crippen molar-refractivity contribution in [2.24, 2.45) is 28.6 Å². The number of carbonyl (C=O) groups excluding carboxylic acids is 3. The van der Waals surface area contributed by atoms with Gasteiger partial charge in [0.15, 0.2) is 21.6 Å². The molecule has 4 rings (SSSR count). The molecule has 196 valence electrons. The molecule has 0 bridgehead atoms. The van der Waals surface area contributed by atoms with Gasteiger partial charge in [-0.25, -0.2) is 18.0 Å². The van der Waals surface area contributed by atoms with Crippen LogP contribution in [0.3, 0.4) is 0 Å². The van der Waals surface area contributed by atoms with Gasteiger partial charge < -0.3 is 19.3 Å². The molecule has 3 fully saturated rings. The third-order valence-electron chi connectivity index (χ3n) is 9.27. The Bertz CT molecular complexity index is 1050. The highest BCUT2D eigenvalue weighted by molar-refractivity contribution is 7.90. The van der Waals surface area contributed by atoms with Crippen molar-refractivity contribution >= 4 is 27.7 Å². The maximum absolute atomic E-state index is 13.5. The van der Waals surface area contributed by atoms with E-state index in [0.29, 0.717) is 19.3 Å². The van der Waals surface area contributed by atoms with E-state index in [1.165, 1.54) is 0 Å². The standard InChI is InChI=1S/C25H36O9S/c1-5-32-22(29)34-25(21(28)33-14-35(4,30)31)11-9-18-17-7-6-15-12-16(26)8-10-23(15,2)20(17)19(27)13-24(18,25)3/h12,17-20,27H,5-11,13-14H2,1-4H3/t17-,18-,19-,20+,23-,24-,25-/m0/s1. The van der Waals surface area contributed by atoms with Crippen molar-refractivity contribution in [3.63, 3.8) is 0 Å². The maximum Gasteiger partial charge on any atom is 0.509 e. The number of sulfone groups is 1. The first-order chi connectivity index (χ1) is 16.3. The van der Waals surface area contributed by atoms with Crippen molar-refractivity contribution in [2.45, 2.75) is 77.4 Å². The summed E-state index contributed by atoms with van der Waals surface area (Å²) in [7, 11) is -3.62. The highest BCUT2D eigenvalue weighted by Crippen LogP contribution is 2.68. The quantitative estimate of drug-likeness (QED) is 0.552. The normalized spacial score (nSPS) is 40.6. The monoisotopic (exact) mass is 512 g/mol. The molecule has 0 aromatic heterocycles. The summed E-state index contributed by atoms with van der Waals surface area (Å²) in [4.78, 5) is 38.0. The van der Waals surface area contributed by atoms with Crippen LogP contribution in [-0.4, -0.2) is 61.9 Å². The minimum Gasteiger partial charge on any atom is -0.446 e. The van der Waals surface area contributed by atoms with Gasteiger partial charge in [-0.1, -0.05) is 19.4 Å². The lowest BCUT2D eigenvalue weighted by molar-refractivity contribution is -0.202. The molecular formula is C25H36O9S. The summed E-state index contributed by atoms with van der Waals surface area (Å²) in [6, 6.07) is 0. The molecule has 35 heavy (non-hydrogen) atoms. The van der Waals surface area contributed by atoms with Crippen molar-refractivity contribution < 1.29 is 42.1 Å². The Labute approximate surface area is 206 Å². The Morgan fingerprint density at radius 3 is 2.51 bits per heavy atom. The van der Waals surface area contributed by atoms with Crippen LogP contribution in [-0.2, 0) is 33.6 Å². The van der Waals surface area contributed by atoms with Gasteiger partial charge in [-0.2, -0.15) is 0 Å². The van der Waals surface area contributed by atoms with E-state index in [2.05, 4.69) is 6.92 Å². The molecule has 9 nitrogen and oxygen atoms in total. The van der Waals surface area contributed by atoms with Crippen molar-refractivity contribution in [3.05, 3.63) is 11.6 Å². The molecule has 0 heterocycles. The average Bonchev–Trinajstić information content (AvgIpc) is 3.04. The van der Waals surface area contributed by atoms with E-state index in [1.807, 2.05) is 6.92 Å². The molecular weight excluding hydrogens is 476 g/mol. The maximum atomic E-state index is 13.5. The number of hydrogen-bond donors (Lipinski definition) is 1. The van der Waals surface area contributed by atoms with Crippen molar-refractivity contribution in [3.8, 4) is 0 Å². The number of carbonyl (C=O) groups is 3. The van der Waals surface area contributed by atoms with E-state index in [1.54, 1.807) is 13.0 Å². The van der Waals surface area contributed by atoms with Crippen LogP contribution in [0.1, 0.15) is 65.7 Å². The lowest BCUT2D eigenvalue weighted by Gasteiger charge is -2.60. The van der Waals surface area contributed by atoms with Gasteiger partial charge in [0, 0.05) is 18.1 Å². The number of aliphatic hydroxyl groups is 1. The molecule has 0 aliphatic heterocycles. The number of rotatable bonds is 5. The zero-order valence-electron chi connectivity index (χ0n) is 20.9. The lowest BCUT2D eigenvalue weighted by Crippen LogP contribution is -2.63. The van der Waals surface area contributed by atoms with E-state index in [9.17, 15) is 27.9 Å². The molecule has 0 aromatic carbocycles. The van der Waals surface area contributed by atoms with Gasteiger partial charge in [-0.15, -0.1) is 0 Å². The zero-order valence-corrected chi connectivity index (χ0v) is 21.7. The number of aliphatic hydroxyl groups excluding tert-OH is 1. The first kappa shape index (κ1) is 26.1. The third kappa shape index (κ3) is 4.20. The second kappa shape index (κ2) is 8.87. The fourth-order valence-electron chi connectivity index (χ4n) is 7.79. The Morgan fingerprint density at radius 1 is 1.14 bits per heavy atom. The Morgan fingerprint density at radius 2 is 1.86 bits per heavy atom. The predicted molar refractivity (Wildman–Crippen MR) is 125 cm³/mol. The van der Waals surface area contributed by atoms with Crippen LogP contribution in [0.4, 0.5) is 4.79 Å². The van der Waals surface area contributed by atoms with Crippen LogP contribution in [0.2, 0.25) is 0 Å². The number of esters is 1. The van der Waals surface area contributed by atoms with Crippen molar-refractivity contribution in [2.75, 3.05) is 18.8 Å². The van der Waals surface area contributed by atoms with Crippen LogP contribution in [0.15, 0.2) is 11.6 Å².